The molecule has 0 radical (unpaired) electrons. The molecule has 4 rings (SSSR count). The van der Waals surface area contributed by atoms with Gasteiger partial charge >= 0.3 is 5.97 Å². The summed E-state index contributed by atoms with van der Waals surface area (Å²) in [6.45, 7) is 3.16. The predicted molar refractivity (Wildman–Crippen MR) is 107 cm³/mol. The van der Waals surface area contributed by atoms with Gasteiger partial charge in [-0.3, -0.25) is 19.2 Å². The van der Waals surface area contributed by atoms with Crippen LogP contribution in [0.2, 0.25) is 0 Å². The molecule has 148 valence electrons. The molecule has 29 heavy (non-hydrogen) atoms. The standard InChI is InChI=1S/C22H21N3O4/c1-2-29-22(28)15-9-10-19-16(13-15)14-24(23-19)11-5-6-12-25-20(26)17-7-3-4-8-18(17)21(25)27/h3-4,7-10,13-14H,2,5-6,11-12H2,1H3. The maximum absolute atomic E-state index is 12.4. The maximum Gasteiger partial charge on any atom is 0.338 e. The van der Waals surface area contributed by atoms with Crippen molar-refractivity contribution in [2.75, 3.05) is 13.2 Å². The first-order valence-corrected chi connectivity index (χ1v) is 9.68. The minimum Gasteiger partial charge on any atom is -0.462 e. The first-order valence-electron chi connectivity index (χ1n) is 9.68. The molecular formula is C22H21N3O4. The highest BCUT2D eigenvalue weighted by molar-refractivity contribution is 6.21. The van der Waals surface area contributed by atoms with Crippen LogP contribution < -0.4 is 0 Å². The van der Waals surface area contributed by atoms with Gasteiger partial charge in [0.25, 0.3) is 11.8 Å². The molecule has 2 heterocycles. The van der Waals surface area contributed by atoms with Crippen molar-refractivity contribution >= 4 is 28.7 Å². The Balaban J connectivity index is 1.34. The van der Waals surface area contributed by atoms with Crippen LogP contribution in [-0.2, 0) is 11.3 Å². The molecule has 0 atom stereocenters. The van der Waals surface area contributed by atoms with Gasteiger partial charge in [0.1, 0.15) is 0 Å². The highest BCUT2D eigenvalue weighted by Crippen LogP contribution is 2.23. The van der Waals surface area contributed by atoms with Crippen molar-refractivity contribution in [3.05, 3.63) is 65.4 Å². The Kier molecular flexibility index (Phi) is 5.12. The third kappa shape index (κ3) is 3.63. The Labute approximate surface area is 167 Å². The first kappa shape index (κ1) is 18.9. The number of carbonyl (C=O) groups excluding carboxylic acids is 3. The molecule has 2 aromatic carbocycles. The molecule has 0 bridgehead atoms. The minimum atomic E-state index is -0.344. The van der Waals surface area contributed by atoms with Crippen LogP contribution in [0.4, 0.5) is 0 Å². The Morgan fingerprint density at radius 1 is 1.00 bits per heavy atom. The molecule has 0 unspecified atom stereocenters. The normalized spacial score (nSPS) is 13.2. The molecule has 7 nitrogen and oxygen atoms in total. The summed E-state index contributed by atoms with van der Waals surface area (Å²) in [5.74, 6) is -0.785. The summed E-state index contributed by atoms with van der Waals surface area (Å²) in [6.07, 6.45) is 3.35. The van der Waals surface area contributed by atoms with Gasteiger partial charge in [-0.15, -0.1) is 0 Å². The molecule has 1 aliphatic heterocycles. The number of esters is 1. The van der Waals surface area contributed by atoms with Gasteiger partial charge in [0.2, 0.25) is 0 Å². The lowest BCUT2D eigenvalue weighted by Crippen LogP contribution is -2.30. The molecule has 0 spiro atoms. The molecule has 0 N–H and O–H groups in total. The van der Waals surface area contributed by atoms with E-state index >= 15 is 0 Å². The quantitative estimate of drug-likeness (QED) is 0.351. The number of ether oxygens (including phenoxy) is 1. The van der Waals surface area contributed by atoms with E-state index in [1.54, 1.807) is 49.4 Å². The van der Waals surface area contributed by atoms with Crippen LogP contribution in [0.1, 0.15) is 50.8 Å². The van der Waals surface area contributed by atoms with E-state index in [-0.39, 0.29) is 17.8 Å². The fourth-order valence-electron chi connectivity index (χ4n) is 3.52. The molecule has 3 aromatic rings. The van der Waals surface area contributed by atoms with Crippen LogP contribution in [0.25, 0.3) is 10.9 Å². The number of hydrogen-bond donors (Lipinski definition) is 0. The van der Waals surface area contributed by atoms with Crippen molar-refractivity contribution in [2.24, 2.45) is 0 Å². The van der Waals surface area contributed by atoms with Crippen LogP contribution in [0.15, 0.2) is 48.7 Å². The highest BCUT2D eigenvalue weighted by atomic mass is 16.5. The summed E-state index contributed by atoms with van der Waals surface area (Å²) in [4.78, 5) is 37.9. The van der Waals surface area contributed by atoms with Gasteiger partial charge in [-0.1, -0.05) is 12.1 Å². The summed E-state index contributed by atoms with van der Waals surface area (Å²) in [7, 11) is 0. The predicted octanol–water partition coefficient (Wildman–Crippen LogP) is 3.29. The van der Waals surface area contributed by atoms with Gasteiger partial charge in [0.15, 0.2) is 0 Å². The van der Waals surface area contributed by atoms with Crippen molar-refractivity contribution in [3.63, 3.8) is 0 Å². The Morgan fingerprint density at radius 3 is 2.38 bits per heavy atom. The summed E-state index contributed by atoms with van der Waals surface area (Å²) in [6, 6.07) is 12.2. The van der Waals surface area contributed by atoms with E-state index in [1.165, 1.54) is 4.90 Å². The number of benzene rings is 2. The van der Waals surface area contributed by atoms with Crippen LogP contribution in [-0.4, -0.2) is 45.6 Å². The van der Waals surface area contributed by atoms with E-state index in [9.17, 15) is 14.4 Å². The smallest absolute Gasteiger partial charge is 0.338 e. The van der Waals surface area contributed by atoms with Crippen molar-refractivity contribution in [2.45, 2.75) is 26.3 Å². The third-order valence-corrected chi connectivity index (χ3v) is 4.96. The molecule has 0 saturated carbocycles. The van der Waals surface area contributed by atoms with Gasteiger partial charge in [-0.05, 0) is 50.1 Å². The molecule has 0 aliphatic carbocycles. The largest absolute Gasteiger partial charge is 0.462 e. The lowest BCUT2D eigenvalue weighted by atomic mass is 10.1. The van der Waals surface area contributed by atoms with Crippen molar-refractivity contribution in [3.8, 4) is 0 Å². The number of amides is 2. The zero-order valence-electron chi connectivity index (χ0n) is 16.1. The highest BCUT2D eigenvalue weighted by Gasteiger charge is 2.34. The number of aromatic nitrogens is 2. The van der Waals surface area contributed by atoms with Gasteiger partial charge in [0.05, 0.1) is 28.8 Å². The van der Waals surface area contributed by atoms with Gasteiger partial charge < -0.3 is 4.74 Å². The zero-order chi connectivity index (χ0) is 20.4. The van der Waals surface area contributed by atoms with E-state index in [1.807, 2.05) is 10.9 Å². The Bertz CT molecular complexity index is 1070. The second kappa shape index (κ2) is 7.87. The van der Waals surface area contributed by atoms with E-state index in [4.69, 9.17) is 4.74 Å². The summed E-state index contributed by atoms with van der Waals surface area (Å²) < 4.78 is 6.85. The van der Waals surface area contributed by atoms with Gasteiger partial charge in [0, 0.05) is 24.7 Å². The summed E-state index contributed by atoms with van der Waals surface area (Å²) in [5.41, 5.74) is 2.27. The minimum absolute atomic E-state index is 0.220. The molecule has 1 aliphatic rings. The third-order valence-electron chi connectivity index (χ3n) is 4.96. The summed E-state index contributed by atoms with van der Waals surface area (Å²) >= 11 is 0. The molecule has 2 amide bonds. The molecule has 7 heteroatoms. The number of carbonyl (C=O) groups is 3. The SMILES string of the molecule is CCOC(=O)c1ccc2nn(CCCCN3C(=O)c4ccccc4C3=O)cc2c1. The van der Waals surface area contributed by atoms with Crippen molar-refractivity contribution in [1.29, 1.82) is 0 Å². The van der Waals surface area contributed by atoms with Crippen LogP contribution in [0.5, 0.6) is 0 Å². The topological polar surface area (TPSA) is 81.5 Å². The number of rotatable bonds is 7. The molecule has 1 aromatic heterocycles. The number of aryl methyl sites for hydroxylation is 1. The van der Waals surface area contributed by atoms with Gasteiger partial charge in [-0.2, -0.15) is 5.10 Å². The van der Waals surface area contributed by atoms with Crippen LogP contribution in [0.3, 0.4) is 0 Å². The van der Waals surface area contributed by atoms with Crippen molar-refractivity contribution < 1.29 is 19.1 Å². The van der Waals surface area contributed by atoms with E-state index in [0.29, 0.717) is 42.8 Å². The zero-order valence-corrected chi connectivity index (χ0v) is 16.1. The molecular weight excluding hydrogens is 370 g/mol. The molecule has 0 fully saturated rings. The lowest BCUT2D eigenvalue weighted by molar-refractivity contribution is 0.0525. The van der Waals surface area contributed by atoms with Crippen LogP contribution in [0, 0.1) is 0 Å². The van der Waals surface area contributed by atoms with E-state index in [2.05, 4.69) is 5.10 Å². The second-order valence-corrected chi connectivity index (χ2v) is 6.90. The molecule has 0 saturated heterocycles. The monoisotopic (exact) mass is 391 g/mol. The number of fused-ring (bicyclic) bond motifs is 2. The number of nitrogens with zero attached hydrogens (tertiary/aromatic N) is 3. The second-order valence-electron chi connectivity index (χ2n) is 6.90. The first-order chi connectivity index (χ1) is 14.1. The average molecular weight is 391 g/mol. The summed E-state index contributed by atoms with van der Waals surface area (Å²) in [5, 5.41) is 5.38. The van der Waals surface area contributed by atoms with Gasteiger partial charge in [-0.25, -0.2) is 4.79 Å². The average Bonchev–Trinajstić information content (AvgIpc) is 3.24. The van der Waals surface area contributed by atoms with E-state index in [0.717, 1.165) is 17.3 Å². The number of imide groups is 1. The maximum atomic E-state index is 12.4. The lowest BCUT2D eigenvalue weighted by Gasteiger charge is -2.13. The Hall–Kier alpha value is -3.48. The number of unbranched alkanes of at least 4 members (excludes halogenated alkanes) is 1. The van der Waals surface area contributed by atoms with Crippen molar-refractivity contribution in [1.82, 2.24) is 14.7 Å². The van der Waals surface area contributed by atoms with E-state index < -0.39 is 0 Å². The fraction of sp³-hybridized carbons (Fsp3) is 0.273. The fourth-order valence-corrected chi connectivity index (χ4v) is 3.52. The Morgan fingerprint density at radius 2 is 1.69 bits per heavy atom. The van der Waals surface area contributed by atoms with Crippen LogP contribution >= 0.6 is 0 Å². The number of hydrogen-bond acceptors (Lipinski definition) is 5.